The predicted octanol–water partition coefficient (Wildman–Crippen LogP) is 1.73. The summed E-state index contributed by atoms with van der Waals surface area (Å²) in [5, 5.41) is 0. The molecule has 2 aromatic rings. The van der Waals surface area contributed by atoms with Crippen molar-refractivity contribution in [3.63, 3.8) is 0 Å². The number of ether oxygens (including phenoxy) is 1. The number of nitrogens with zero attached hydrogens (tertiary/aromatic N) is 1. The fraction of sp³-hybridized carbons (Fsp3) is 0.250. The van der Waals surface area contributed by atoms with Crippen LogP contribution in [-0.4, -0.2) is 17.8 Å². The van der Waals surface area contributed by atoms with Crippen LogP contribution in [0.3, 0.4) is 0 Å². The minimum absolute atomic E-state index is 0.0653. The van der Waals surface area contributed by atoms with Crippen LogP contribution >= 0.6 is 0 Å². The van der Waals surface area contributed by atoms with Gasteiger partial charge in [0, 0.05) is 19.2 Å². The number of aldehydes is 1. The van der Waals surface area contributed by atoms with E-state index in [-0.39, 0.29) is 17.8 Å². The third-order valence-electron chi connectivity index (χ3n) is 3.44. The van der Waals surface area contributed by atoms with Crippen molar-refractivity contribution in [2.24, 2.45) is 0 Å². The highest BCUT2D eigenvalue weighted by Crippen LogP contribution is 2.23. The first-order valence-electron chi connectivity index (χ1n) is 6.73. The molecule has 21 heavy (non-hydrogen) atoms. The predicted molar refractivity (Wildman–Crippen MR) is 75.9 cm³/mol. The van der Waals surface area contributed by atoms with Gasteiger partial charge in [0.15, 0.2) is 6.29 Å². The Bertz CT molecular complexity index is 682. The van der Waals surface area contributed by atoms with Gasteiger partial charge in [0.2, 0.25) is 11.2 Å². The molecule has 0 radical (unpaired) electrons. The lowest BCUT2D eigenvalue weighted by Gasteiger charge is -2.13. The van der Waals surface area contributed by atoms with E-state index < -0.39 is 0 Å². The summed E-state index contributed by atoms with van der Waals surface area (Å²) in [5.74, 6) is 0.654. The van der Waals surface area contributed by atoms with Crippen molar-refractivity contribution in [1.82, 2.24) is 4.90 Å². The molecule has 0 bridgehead atoms. The van der Waals surface area contributed by atoms with Crippen molar-refractivity contribution in [2.45, 2.75) is 19.6 Å². The number of fused-ring (bicyclic) bond motifs is 1. The Morgan fingerprint density at radius 3 is 2.57 bits per heavy atom. The Hall–Kier alpha value is -2.40. The van der Waals surface area contributed by atoms with Gasteiger partial charge in [-0.25, -0.2) is 0 Å². The number of hydrogen-bond donors (Lipinski definition) is 0. The number of carbonyl (C=O) groups excluding carboxylic acids is 1. The van der Waals surface area contributed by atoms with Crippen molar-refractivity contribution in [3.05, 3.63) is 63.7 Å². The van der Waals surface area contributed by atoms with Gasteiger partial charge >= 0.3 is 0 Å². The lowest BCUT2D eigenvalue weighted by molar-refractivity contribution is -0.109. The molecule has 3 rings (SSSR count). The van der Waals surface area contributed by atoms with Gasteiger partial charge in [-0.3, -0.25) is 14.5 Å². The second-order valence-electron chi connectivity index (χ2n) is 4.97. The minimum Gasteiger partial charge on any atom is -0.479 e. The van der Waals surface area contributed by atoms with Gasteiger partial charge in [0.25, 0.3) is 0 Å². The smallest absolute Gasteiger partial charge is 0.227 e. The topological polar surface area (TPSA) is 59.8 Å². The van der Waals surface area contributed by atoms with E-state index in [0.29, 0.717) is 18.6 Å². The Balaban J connectivity index is 1.68. The molecule has 2 heterocycles. The summed E-state index contributed by atoms with van der Waals surface area (Å²) in [6.07, 6.45) is 1.86. The summed E-state index contributed by atoms with van der Waals surface area (Å²) in [5.41, 5.74) is 2.35. The zero-order chi connectivity index (χ0) is 14.7. The molecule has 0 fully saturated rings. The molecule has 0 aliphatic carbocycles. The second-order valence-corrected chi connectivity index (χ2v) is 4.97. The Labute approximate surface area is 121 Å². The standard InChI is InChI=1S/C16H15NO4/c18-5-6-20-16-11-21-14(7-15(16)19)10-17-8-12-3-1-2-4-13(12)9-17/h1-5,7,11H,6,8-10H2. The van der Waals surface area contributed by atoms with Crippen LogP contribution in [0.4, 0.5) is 0 Å². The fourth-order valence-electron chi connectivity index (χ4n) is 2.49. The Morgan fingerprint density at radius 1 is 1.24 bits per heavy atom. The average molecular weight is 285 g/mol. The average Bonchev–Trinajstić information content (AvgIpc) is 2.88. The van der Waals surface area contributed by atoms with E-state index in [2.05, 4.69) is 17.0 Å². The minimum atomic E-state index is -0.269. The molecule has 0 unspecified atom stereocenters. The number of carbonyl (C=O) groups is 1. The van der Waals surface area contributed by atoms with Crippen LogP contribution in [0.1, 0.15) is 16.9 Å². The zero-order valence-electron chi connectivity index (χ0n) is 11.5. The van der Waals surface area contributed by atoms with Crippen LogP contribution in [0, 0.1) is 0 Å². The molecule has 1 aliphatic heterocycles. The summed E-state index contributed by atoms with van der Waals surface area (Å²) >= 11 is 0. The van der Waals surface area contributed by atoms with E-state index in [1.165, 1.54) is 23.5 Å². The largest absolute Gasteiger partial charge is 0.479 e. The molecule has 0 atom stereocenters. The molecule has 1 aliphatic rings. The van der Waals surface area contributed by atoms with Gasteiger partial charge < -0.3 is 9.15 Å². The maximum atomic E-state index is 11.8. The Morgan fingerprint density at radius 2 is 1.95 bits per heavy atom. The third kappa shape index (κ3) is 3.03. The van der Waals surface area contributed by atoms with Crippen molar-refractivity contribution in [3.8, 4) is 5.75 Å². The zero-order valence-corrected chi connectivity index (χ0v) is 11.5. The third-order valence-corrected chi connectivity index (χ3v) is 3.44. The van der Waals surface area contributed by atoms with Crippen LogP contribution < -0.4 is 10.2 Å². The summed E-state index contributed by atoms with van der Waals surface area (Å²) in [7, 11) is 0. The summed E-state index contributed by atoms with van der Waals surface area (Å²) in [4.78, 5) is 24.3. The molecule has 5 nitrogen and oxygen atoms in total. The maximum Gasteiger partial charge on any atom is 0.227 e. The lowest BCUT2D eigenvalue weighted by atomic mass is 10.1. The van der Waals surface area contributed by atoms with E-state index in [1.54, 1.807) is 0 Å². The molecule has 108 valence electrons. The van der Waals surface area contributed by atoms with Gasteiger partial charge in [-0.1, -0.05) is 24.3 Å². The molecular weight excluding hydrogens is 270 g/mol. The van der Waals surface area contributed by atoms with Crippen LogP contribution in [0.25, 0.3) is 0 Å². The van der Waals surface area contributed by atoms with E-state index in [9.17, 15) is 9.59 Å². The number of benzene rings is 1. The first kappa shape index (κ1) is 13.6. The van der Waals surface area contributed by atoms with Crippen LogP contribution in [0.5, 0.6) is 5.75 Å². The molecule has 1 aromatic carbocycles. The molecule has 0 spiro atoms. The molecule has 5 heteroatoms. The molecule has 0 N–H and O–H groups in total. The van der Waals surface area contributed by atoms with Crippen LogP contribution in [-0.2, 0) is 24.4 Å². The first-order valence-corrected chi connectivity index (χ1v) is 6.73. The van der Waals surface area contributed by atoms with Crippen molar-refractivity contribution in [2.75, 3.05) is 6.61 Å². The SMILES string of the molecule is O=CCOc1coc(CN2Cc3ccccc3C2)cc1=O. The monoisotopic (exact) mass is 285 g/mol. The van der Waals surface area contributed by atoms with Crippen molar-refractivity contribution < 1.29 is 13.9 Å². The summed E-state index contributed by atoms with van der Waals surface area (Å²) < 4.78 is 10.4. The highest BCUT2D eigenvalue weighted by atomic mass is 16.5. The highest BCUT2D eigenvalue weighted by Gasteiger charge is 2.19. The van der Waals surface area contributed by atoms with Gasteiger partial charge in [-0.2, -0.15) is 0 Å². The van der Waals surface area contributed by atoms with Crippen molar-refractivity contribution in [1.29, 1.82) is 0 Å². The Kier molecular flexibility index (Phi) is 3.83. The van der Waals surface area contributed by atoms with Gasteiger partial charge in [0.1, 0.15) is 18.6 Å². The molecule has 0 saturated heterocycles. The van der Waals surface area contributed by atoms with E-state index in [0.717, 1.165) is 13.1 Å². The highest BCUT2D eigenvalue weighted by molar-refractivity contribution is 5.51. The van der Waals surface area contributed by atoms with Gasteiger partial charge in [-0.05, 0) is 11.1 Å². The second kappa shape index (κ2) is 5.93. The molecular formula is C16H15NO4. The van der Waals surface area contributed by atoms with E-state index in [1.807, 2.05) is 12.1 Å². The molecule has 0 saturated carbocycles. The quantitative estimate of drug-likeness (QED) is 0.783. The molecule has 1 aromatic heterocycles. The van der Waals surface area contributed by atoms with E-state index in [4.69, 9.17) is 9.15 Å². The first-order chi connectivity index (χ1) is 10.3. The van der Waals surface area contributed by atoms with Crippen molar-refractivity contribution >= 4 is 6.29 Å². The maximum absolute atomic E-state index is 11.8. The van der Waals surface area contributed by atoms with E-state index >= 15 is 0 Å². The normalized spacial score (nSPS) is 13.9. The summed E-state index contributed by atoms with van der Waals surface area (Å²) in [6.45, 7) is 2.12. The van der Waals surface area contributed by atoms with Crippen LogP contribution in [0.2, 0.25) is 0 Å². The molecule has 0 amide bonds. The summed E-state index contributed by atoms with van der Waals surface area (Å²) in [6, 6.07) is 9.70. The fourth-order valence-corrected chi connectivity index (χ4v) is 2.49. The lowest BCUT2D eigenvalue weighted by Crippen LogP contribution is -2.17. The van der Waals surface area contributed by atoms with Crippen LogP contribution in [0.15, 0.2) is 45.8 Å². The van der Waals surface area contributed by atoms with Gasteiger partial charge in [-0.15, -0.1) is 0 Å². The number of hydrogen-bond acceptors (Lipinski definition) is 5. The van der Waals surface area contributed by atoms with Gasteiger partial charge in [0.05, 0.1) is 6.54 Å². The number of rotatable bonds is 5.